The minimum atomic E-state index is -0.695. The molecular weight excluding hydrogens is 195 g/mol. The summed E-state index contributed by atoms with van der Waals surface area (Å²) in [4.78, 5) is 4.26. The van der Waals surface area contributed by atoms with Crippen LogP contribution < -0.4 is 0 Å². The molecule has 78 valence electrons. The van der Waals surface area contributed by atoms with Gasteiger partial charge in [0, 0.05) is 17.3 Å². The van der Waals surface area contributed by atoms with Crippen molar-refractivity contribution in [2.75, 3.05) is 7.11 Å². The summed E-state index contributed by atoms with van der Waals surface area (Å²) in [6.07, 6.45) is 1.43. The van der Waals surface area contributed by atoms with Crippen molar-refractivity contribution in [2.24, 2.45) is 5.92 Å². The maximum atomic E-state index is 13.0. The van der Waals surface area contributed by atoms with Gasteiger partial charge in [-0.05, 0) is 25.2 Å². The van der Waals surface area contributed by atoms with Crippen molar-refractivity contribution >= 4 is 12.0 Å². The van der Waals surface area contributed by atoms with Gasteiger partial charge in [-0.2, -0.15) is 0 Å². The molecule has 3 unspecified atom stereocenters. The van der Waals surface area contributed by atoms with Crippen molar-refractivity contribution < 1.29 is 18.7 Å². The van der Waals surface area contributed by atoms with Crippen LogP contribution >= 0.6 is 12.0 Å². The van der Waals surface area contributed by atoms with E-state index in [0.29, 0.717) is 18.8 Å². The van der Waals surface area contributed by atoms with Crippen molar-refractivity contribution in [3.8, 4) is 0 Å². The van der Waals surface area contributed by atoms with E-state index in [1.54, 1.807) is 0 Å². The first-order valence-electron chi connectivity index (χ1n) is 4.41. The van der Waals surface area contributed by atoms with Crippen LogP contribution in [0.15, 0.2) is 0 Å². The summed E-state index contributed by atoms with van der Waals surface area (Å²) in [5.74, 6) is 0.470. The number of hydrogen-bond donors (Lipinski definition) is 0. The van der Waals surface area contributed by atoms with E-state index in [0.717, 1.165) is 18.5 Å². The molecule has 3 nitrogen and oxygen atoms in total. The predicted molar refractivity (Wildman–Crippen MR) is 48.5 cm³/mol. The normalized spacial score (nSPS) is 34.8. The Labute approximate surface area is 82.0 Å². The van der Waals surface area contributed by atoms with E-state index in [-0.39, 0.29) is 5.25 Å². The van der Waals surface area contributed by atoms with Gasteiger partial charge in [-0.25, -0.2) is 9.28 Å². The molecule has 0 bridgehead atoms. The van der Waals surface area contributed by atoms with Crippen LogP contribution in [0.5, 0.6) is 0 Å². The predicted octanol–water partition coefficient (Wildman–Crippen LogP) is 2.67. The Morgan fingerprint density at radius 1 is 1.38 bits per heavy atom. The maximum absolute atomic E-state index is 13.0. The van der Waals surface area contributed by atoms with E-state index in [2.05, 4.69) is 21.2 Å². The summed E-state index contributed by atoms with van der Waals surface area (Å²) in [5, 5.41) is 4.43. The van der Waals surface area contributed by atoms with Crippen molar-refractivity contribution in [3.05, 3.63) is 0 Å². The van der Waals surface area contributed by atoms with Gasteiger partial charge in [-0.3, -0.25) is 0 Å². The molecule has 13 heavy (non-hydrogen) atoms. The van der Waals surface area contributed by atoms with Gasteiger partial charge in [-0.15, -0.1) is 4.33 Å². The molecule has 1 fully saturated rings. The minimum Gasteiger partial charge on any atom is -0.247 e. The molecule has 0 aromatic carbocycles. The number of alkyl halides is 1. The lowest BCUT2D eigenvalue weighted by atomic mass is 9.89. The SMILES string of the molecule is COOOSC1CC(F)CCC1C. The molecule has 1 aliphatic rings. The molecule has 0 heterocycles. The molecule has 0 radical (unpaired) electrons. The topological polar surface area (TPSA) is 27.7 Å². The molecule has 5 heteroatoms. The average molecular weight is 210 g/mol. The molecule has 0 saturated heterocycles. The second-order valence-electron chi connectivity index (χ2n) is 3.33. The quantitative estimate of drug-likeness (QED) is 0.308. The van der Waals surface area contributed by atoms with Gasteiger partial charge in [0.1, 0.15) is 6.17 Å². The summed E-state index contributed by atoms with van der Waals surface area (Å²) in [7, 11) is 1.36. The van der Waals surface area contributed by atoms with E-state index in [1.165, 1.54) is 7.11 Å². The molecule has 0 aliphatic heterocycles. The maximum Gasteiger partial charge on any atom is 0.101 e. The smallest absolute Gasteiger partial charge is 0.101 e. The fraction of sp³-hybridized carbons (Fsp3) is 1.00. The molecule has 0 aromatic rings. The van der Waals surface area contributed by atoms with Gasteiger partial charge >= 0.3 is 0 Å². The molecule has 1 rings (SSSR count). The second-order valence-corrected chi connectivity index (χ2v) is 4.26. The highest BCUT2D eigenvalue weighted by Gasteiger charge is 2.29. The summed E-state index contributed by atoms with van der Waals surface area (Å²) in [6, 6.07) is 0. The molecular formula is C8H15FO3S. The van der Waals surface area contributed by atoms with Crippen molar-refractivity contribution in [1.29, 1.82) is 0 Å². The first kappa shape index (κ1) is 11.2. The van der Waals surface area contributed by atoms with Gasteiger partial charge in [0.05, 0.1) is 7.11 Å². The summed E-state index contributed by atoms with van der Waals surface area (Å²) < 4.78 is 17.6. The van der Waals surface area contributed by atoms with E-state index in [9.17, 15) is 4.39 Å². The Morgan fingerprint density at radius 2 is 2.15 bits per heavy atom. The lowest BCUT2D eigenvalue weighted by Gasteiger charge is -2.28. The number of halogens is 1. The van der Waals surface area contributed by atoms with Gasteiger partial charge in [0.15, 0.2) is 0 Å². The zero-order valence-electron chi connectivity index (χ0n) is 7.86. The van der Waals surface area contributed by atoms with Crippen LogP contribution in [0.3, 0.4) is 0 Å². The third-order valence-corrected chi connectivity index (χ3v) is 3.36. The third kappa shape index (κ3) is 3.81. The van der Waals surface area contributed by atoms with Crippen LogP contribution in [0.1, 0.15) is 26.2 Å². The zero-order chi connectivity index (χ0) is 9.68. The Bertz CT molecular complexity index is 147. The zero-order valence-corrected chi connectivity index (χ0v) is 8.68. The Morgan fingerprint density at radius 3 is 2.85 bits per heavy atom. The van der Waals surface area contributed by atoms with E-state index >= 15 is 0 Å². The van der Waals surface area contributed by atoms with Crippen LogP contribution in [0.2, 0.25) is 0 Å². The van der Waals surface area contributed by atoms with Crippen LogP contribution in [-0.4, -0.2) is 18.5 Å². The molecule has 0 spiro atoms. The lowest BCUT2D eigenvalue weighted by Crippen LogP contribution is -2.26. The fourth-order valence-corrected chi connectivity index (χ4v) is 2.26. The summed E-state index contributed by atoms with van der Waals surface area (Å²) in [6.45, 7) is 2.10. The monoisotopic (exact) mass is 210 g/mol. The number of hydrogen-bond acceptors (Lipinski definition) is 4. The van der Waals surface area contributed by atoms with E-state index < -0.39 is 6.17 Å². The van der Waals surface area contributed by atoms with Gasteiger partial charge < -0.3 is 0 Å². The summed E-state index contributed by atoms with van der Waals surface area (Å²) >= 11 is 1.15. The first-order valence-corrected chi connectivity index (χ1v) is 5.21. The molecule has 0 N–H and O–H groups in total. The van der Waals surface area contributed by atoms with Crippen LogP contribution in [0, 0.1) is 5.92 Å². The van der Waals surface area contributed by atoms with Gasteiger partial charge in [-0.1, -0.05) is 12.0 Å². The number of rotatable bonds is 4. The Hall–Kier alpha value is 0.160. The average Bonchev–Trinajstić information content (AvgIpc) is 2.11. The van der Waals surface area contributed by atoms with Crippen molar-refractivity contribution in [2.45, 2.75) is 37.6 Å². The van der Waals surface area contributed by atoms with Crippen LogP contribution in [0.4, 0.5) is 4.39 Å². The summed E-state index contributed by atoms with van der Waals surface area (Å²) in [5.41, 5.74) is 0. The van der Waals surface area contributed by atoms with Crippen LogP contribution in [0.25, 0.3) is 0 Å². The third-order valence-electron chi connectivity index (χ3n) is 2.32. The highest BCUT2D eigenvalue weighted by atomic mass is 32.2. The van der Waals surface area contributed by atoms with Crippen LogP contribution in [-0.2, 0) is 14.3 Å². The standard InChI is InChI=1S/C8H15FO3S/c1-6-3-4-7(9)5-8(6)13-12-11-10-2/h6-8H,3-5H2,1-2H3. The Kier molecular flexibility index (Phi) is 5.01. The molecule has 1 aliphatic carbocycles. The Balaban J connectivity index is 2.21. The fourth-order valence-electron chi connectivity index (χ4n) is 1.46. The van der Waals surface area contributed by atoms with E-state index in [1.807, 2.05) is 0 Å². The van der Waals surface area contributed by atoms with Gasteiger partial charge in [0.25, 0.3) is 0 Å². The second kappa shape index (κ2) is 5.80. The largest absolute Gasteiger partial charge is 0.247 e. The molecule has 1 saturated carbocycles. The minimum absolute atomic E-state index is 0.166. The first-order chi connectivity index (χ1) is 6.24. The van der Waals surface area contributed by atoms with Crippen molar-refractivity contribution in [3.63, 3.8) is 0 Å². The van der Waals surface area contributed by atoms with E-state index in [4.69, 9.17) is 0 Å². The lowest BCUT2D eigenvalue weighted by molar-refractivity contribution is -0.447. The highest BCUT2D eigenvalue weighted by Crippen LogP contribution is 2.35. The molecule has 3 atom stereocenters. The van der Waals surface area contributed by atoms with Gasteiger partial charge in [0.2, 0.25) is 0 Å². The molecule has 0 amide bonds. The van der Waals surface area contributed by atoms with Crippen molar-refractivity contribution in [1.82, 2.24) is 0 Å². The highest BCUT2D eigenvalue weighted by molar-refractivity contribution is 7.95. The molecule has 0 aromatic heterocycles.